The van der Waals surface area contributed by atoms with Crippen LogP contribution in [0.1, 0.15) is 33.6 Å². The summed E-state index contributed by atoms with van der Waals surface area (Å²) in [5.41, 5.74) is -0.550. The second kappa shape index (κ2) is 4.97. The van der Waals surface area contributed by atoms with E-state index < -0.39 is 24.0 Å². The Bertz CT molecular complexity index is 251. The number of nitrogens with one attached hydrogen (secondary N) is 1. The largest absolute Gasteiger partial charge is 0.444 e. The monoisotopic (exact) mass is 235 g/mol. The van der Waals surface area contributed by atoms with E-state index in [2.05, 4.69) is 5.32 Å². The summed E-state index contributed by atoms with van der Waals surface area (Å²) in [6, 6.07) is 0. The highest BCUT2D eigenvalue weighted by atomic mass is 19.3. The number of carbonyl (C=O) groups excluding carboxylic acids is 1. The minimum atomic E-state index is -2.28. The van der Waals surface area contributed by atoms with Gasteiger partial charge in [-0.05, 0) is 39.5 Å². The average Bonchev–Trinajstić information content (AvgIpc) is 1.96. The first-order chi connectivity index (χ1) is 7.29. The van der Waals surface area contributed by atoms with Gasteiger partial charge in [-0.1, -0.05) is 0 Å². The van der Waals surface area contributed by atoms with Gasteiger partial charge >= 0.3 is 6.09 Å². The molecule has 0 bridgehead atoms. The Kier molecular flexibility index (Phi) is 4.10. The molecule has 1 aliphatic carbocycles. The van der Waals surface area contributed by atoms with Crippen LogP contribution in [0.3, 0.4) is 0 Å². The molecule has 1 aliphatic rings. The van der Waals surface area contributed by atoms with E-state index >= 15 is 0 Å². The molecular weight excluding hydrogens is 216 g/mol. The normalized spacial score (nSPS) is 25.1. The highest BCUT2D eigenvalue weighted by Gasteiger charge is 2.37. The summed E-state index contributed by atoms with van der Waals surface area (Å²) < 4.78 is 29.8. The lowest BCUT2D eigenvalue weighted by Crippen LogP contribution is -2.42. The van der Waals surface area contributed by atoms with Gasteiger partial charge in [-0.15, -0.1) is 0 Å². The van der Waals surface area contributed by atoms with Crippen molar-refractivity contribution >= 4 is 6.09 Å². The minimum Gasteiger partial charge on any atom is -0.444 e. The molecule has 0 aliphatic heterocycles. The van der Waals surface area contributed by atoms with Crippen molar-refractivity contribution < 1.29 is 18.3 Å². The Hall–Kier alpha value is -0.870. The van der Waals surface area contributed by atoms with E-state index in [9.17, 15) is 13.6 Å². The molecule has 1 amide bonds. The first kappa shape index (κ1) is 13.2. The molecule has 1 N–H and O–H groups in total. The molecule has 0 radical (unpaired) electrons. The number of carbonyl (C=O) groups is 1. The van der Waals surface area contributed by atoms with E-state index in [0.717, 1.165) is 6.42 Å². The van der Waals surface area contributed by atoms with Crippen LogP contribution >= 0.6 is 0 Å². The molecule has 0 unspecified atom stereocenters. The number of amides is 1. The van der Waals surface area contributed by atoms with Gasteiger partial charge in [-0.25, -0.2) is 13.6 Å². The highest BCUT2D eigenvalue weighted by molar-refractivity contribution is 5.67. The highest BCUT2D eigenvalue weighted by Crippen LogP contribution is 2.38. The van der Waals surface area contributed by atoms with E-state index in [1.165, 1.54) is 0 Å². The van der Waals surface area contributed by atoms with Gasteiger partial charge in [0.25, 0.3) is 0 Å². The van der Waals surface area contributed by atoms with Gasteiger partial charge in [-0.3, -0.25) is 0 Å². The Morgan fingerprint density at radius 1 is 1.44 bits per heavy atom. The second-order valence-corrected chi connectivity index (χ2v) is 5.22. The Balaban J connectivity index is 2.23. The van der Waals surface area contributed by atoms with Gasteiger partial charge in [0.15, 0.2) is 0 Å². The minimum absolute atomic E-state index is 0.104. The summed E-state index contributed by atoms with van der Waals surface area (Å²) in [5.74, 6) is -0.664. The van der Waals surface area contributed by atoms with Gasteiger partial charge in [0.2, 0.25) is 6.43 Å². The lowest BCUT2D eigenvalue weighted by atomic mass is 9.74. The maximum Gasteiger partial charge on any atom is 0.407 e. The molecule has 0 saturated heterocycles. The summed E-state index contributed by atoms with van der Waals surface area (Å²) in [6.07, 6.45) is -1.50. The average molecular weight is 235 g/mol. The topological polar surface area (TPSA) is 38.3 Å². The third-order valence-electron chi connectivity index (χ3n) is 2.71. The quantitative estimate of drug-likeness (QED) is 0.816. The first-order valence-electron chi connectivity index (χ1n) is 5.54. The molecule has 1 rings (SSSR count). The van der Waals surface area contributed by atoms with Gasteiger partial charge in [-0.2, -0.15) is 0 Å². The number of hydrogen-bond acceptors (Lipinski definition) is 2. The molecule has 0 heterocycles. The third-order valence-corrected chi connectivity index (χ3v) is 2.71. The molecule has 1 fully saturated rings. The fraction of sp³-hybridized carbons (Fsp3) is 0.909. The third kappa shape index (κ3) is 3.94. The molecule has 0 aromatic carbocycles. The molecule has 16 heavy (non-hydrogen) atoms. The first-order valence-corrected chi connectivity index (χ1v) is 5.54. The molecule has 5 heteroatoms. The van der Waals surface area contributed by atoms with Crippen LogP contribution in [0.15, 0.2) is 0 Å². The summed E-state index contributed by atoms with van der Waals surface area (Å²) in [7, 11) is 0. The molecule has 3 nitrogen and oxygen atoms in total. The number of halogens is 2. The van der Waals surface area contributed by atoms with E-state index in [0.29, 0.717) is 6.42 Å². The van der Waals surface area contributed by atoms with Crippen LogP contribution in [-0.2, 0) is 4.74 Å². The predicted molar refractivity (Wildman–Crippen MR) is 56.5 cm³/mol. The summed E-state index contributed by atoms with van der Waals surface area (Å²) in [4.78, 5) is 11.3. The Morgan fingerprint density at radius 3 is 2.44 bits per heavy atom. The van der Waals surface area contributed by atoms with Gasteiger partial charge < -0.3 is 10.1 Å². The maximum absolute atomic E-state index is 12.4. The van der Waals surface area contributed by atoms with Crippen molar-refractivity contribution in [3.63, 3.8) is 0 Å². The molecule has 0 aromatic heterocycles. The van der Waals surface area contributed by atoms with Crippen LogP contribution in [0.5, 0.6) is 0 Å². The Labute approximate surface area is 94.5 Å². The van der Waals surface area contributed by atoms with Crippen molar-refractivity contribution in [3.05, 3.63) is 0 Å². The van der Waals surface area contributed by atoms with Crippen LogP contribution in [0.4, 0.5) is 13.6 Å². The standard InChI is InChI=1S/C11H19F2NO2/c1-11(2,3)16-10(15)14-6-7-4-5-8(7)9(12)13/h7-9H,4-6H2,1-3H3,(H,14,15)/t7-,8+/m0/s1. The van der Waals surface area contributed by atoms with E-state index in [1.54, 1.807) is 20.8 Å². The van der Waals surface area contributed by atoms with E-state index in [4.69, 9.17) is 4.74 Å². The van der Waals surface area contributed by atoms with E-state index in [-0.39, 0.29) is 12.5 Å². The number of alkyl halides is 2. The Morgan fingerprint density at radius 2 is 2.06 bits per heavy atom. The zero-order valence-electron chi connectivity index (χ0n) is 9.93. The van der Waals surface area contributed by atoms with Crippen LogP contribution in [0.25, 0.3) is 0 Å². The second-order valence-electron chi connectivity index (χ2n) is 5.22. The van der Waals surface area contributed by atoms with Crippen LogP contribution in [0.2, 0.25) is 0 Å². The maximum atomic E-state index is 12.4. The zero-order chi connectivity index (χ0) is 12.3. The zero-order valence-corrected chi connectivity index (χ0v) is 9.93. The summed E-state index contributed by atoms with van der Waals surface area (Å²) >= 11 is 0. The predicted octanol–water partition coefficient (Wildman–Crippen LogP) is 2.80. The molecule has 1 saturated carbocycles. The van der Waals surface area contributed by atoms with Crippen molar-refractivity contribution in [2.24, 2.45) is 11.8 Å². The van der Waals surface area contributed by atoms with Crippen molar-refractivity contribution in [2.75, 3.05) is 6.54 Å². The molecule has 94 valence electrons. The van der Waals surface area contributed by atoms with Crippen molar-refractivity contribution in [1.29, 1.82) is 0 Å². The fourth-order valence-electron chi connectivity index (χ4n) is 1.71. The van der Waals surface area contributed by atoms with Crippen LogP contribution in [-0.4, -0.2) is 24.7 Å². The summed E-state index contributed by atoms with van der Waals surface area (Å²) in [5, 5.41) is 2.53. The summed E-state index contributed by atoms with van der Waals surface area (Å²) in [6.45, 7) is 5.57. The van der Waals surface area contributed by atoms with Gasteiger partial charge in [0, 0.05) is 12.5 Å². The van der Waals surface area contributed by atoms with E-state index in [1.807, 2.05) is 0 Å². The molecule has 0 aromatic rings. The SMILES string of the molecule is CC(C)(C)OC(=O)NC[C@@H]1CC[C@H]1C(F)F. The fourth-order valence-corrected chi connectivity index (χ4v) is 1.71. The molecular formula is C11H19F2NO2. The smallest absolute Gasteiger partial charge is 0.407 e. The van der Waals surface area contributed by atoms with Crippen molar-refractivity contribution in [1.82, 2.24) is 5.32 Å². The lowest BCUT2D eigenvalue weighted by Gasteiger charge is -2.36. The van der Waals surface area contributed by atoms with Crippen LogP contribution < -0.4 is 5.32 Å². The van der Waals surface area contributed by atoms with Crippen molar-refractivity contribution in [2.45, 2.75) is 45.6 Å². The molecule has 2 atom stereocenters. The number of rotatable bonds is 3. The number of alkyl carbamates (subject to hydrolysis) is 1. The number of ether oxygens (including phenoxy) is 1. The number of hydrogen-bond donors (Lipinski definition) is 1. The lowest BCUT2D eigenvalue weighted by molar-refractivity contribution is -0.0130. The molecule has 0 spiro atoms. The van der Waals surface area contributed by atoms with Gasteiger partial charge in [0.05, 0.1) is 0 Å². The van der Waals surface area contributed by atoms with Crippen LogP contribution in [0, 0.1) is 11.8 Å². The van der Waals surface area contributed by atoms with Crippen molar-refractivity contribution in [3.8, 4) is 0 Å². The van der Waals surface area contributed by atoms with Gasteiger partial charge in [0.1, 0.15) is 5.60 Å².